The molecule has 68 heavy (non-hydrogen) atoms. The van der Waals surface area contributed by atoms with Crippen molar-refractivity contribution in [2.75, 3.05) is 69.6 Å². The Hall–Kier alpha value is -5.98. The van der Waals surface area contributed by atoms with Crippen LogP contribution in [0.4, 0.5) is 30.2 Å². The summed E-state index contributed by atoms with van der Waals surface area (Å²) in [5, 5.41) is 16.0. The van der Waals surface area contributed by atoms with E-state index in [1.807, 2.05) is 6.07 Å². The molecule has 3 aromatic carbocycles. The van der Waals surface area contributed by atoms with Gasteiger partial charge in [0.2, 0.25) is 0 Å². The molecule has 0 bridgehead atoms. The summed E-state index contributed by atoms with van der Waals surface area (Å²) < 4.78 is 76.6. The fourth-order valence-electron chi connectivity index (χ4n) is 9.67. The number of ether oxygens (including phenoxy) is 1. The number of H-pyrrole nitrogens is 1. The first-order valence-corrected chi connectivity index (χ1v) is 24.7. The first-order valence-electron chi connectivity index (χ1n) is 23.2. The zero-order chi connectivity index (χ0) is 48.4. The molecule has 0 radical (unpaired) electrons. The molecule has 8 rings (SSSR count). The summed E-state index contributed by atoms with van der Waals surface area (Å²) in [4.78, 5) is 39.3. The Morgan fingerprint density at radius 2 is 1.76 bits per heavy atom. The van der Waals surface area contributed by atoms with Gasteiger partial charge in [-0.2, -0.15) is 13.2 Å². The number of aromatic amines is 1. The number of hydrogen-bond acceptors (Lipinski definition) is 11. The number of nitro groups is 1. The lowest BCUT2D eigenvalue weighted by Crippen LogP contribution is -2.47. The minimum absolute atomic E-state index is 0.0125. The smallest absolute Gasteiger partial charge is 0.416 e. The van der Waals surface area contributed by atoms with Crippen molar-refractivity contribution in [2.45, 2.75) is 76.8 Å². The number of nitro benzene ring substituents is 1. The molecule has 18 heteroatoms. The van der Waals surface area contributed by atoms with Crippen LogP contribution in [0.15, 0.2) is 89.6 Å². The fourth-order valence-corrected chi connectivity index (χ4v) is 10.7. The van der Waals surface area contributed by atoms with E-state index in [-0.39, 0.29) is 22.4 Å². The van der Waals surface area contributed by atoms with Gasteiger partial charge in [-0.05, 0) is 149 Å². The number of carbonyl (C=O) groups is 1. The number of benzene rings is 3. The van der Waals surface area contributed by atoms with E-state index >= 15 is 0 Å². The van der Waals surface area contributed by atoms with Crippen molar-refractivity contribution < 1.29 is 36.0 Å². The standard InChI is InChI=1S/C50H59F3N8O6S/c1-33-26-37(50(51,52)53)7-10-41(33)43-30-49(2,3)17-13-36(43)32-59-22-24-60(25-23-59)38-8-11-42(46(28-38)67-39-27-35-14-19-55-47(35)56-31-39)48(62)57-68(65,66)40-9-12-44(45(29-40)61(63)64)54-18-5-6-34-15-20-58(4)21-16-34/h7-12,14,19,26-29,31,34,54H,5-6,13,15-18,20-25,30,32H2,1-4H3,(H,55,56)(H,57,62). The van der Waals surface area contributed by atoms with Crippen LogP contribution >= 0.6 is 0 Å². The number of halogens is 3. The van der Waals surface area contributed by atoms with Gasteiger partial charge in [0.1, 0.15) is 22.8 Å². The lowest BCUT2D eigenvalue weighted by atomic mass is 9.72. The number of hydrogen-bond donors (Lipinski definition) is 3. The topological polar surface area (TPSA) is 166 Å². The molecule has 14 nitrogen and oxygen atoms in total. The molecule has 4 heterocycles. The zero-order valence-corrected chi connectivity index (χ0v) is 39.7. The van der Waals surface area contributed by atoms with E-state index in [9.17, 15) is 36.5 Å². The van der Waals surface area contributed by atoms with Gasteiger partial charge in [-0.25, -0.2) is 18.1 Å². The molecule has 2 saturated heterocycles. The monoisotopic (exact) mass is 956 g/mol. The average Bonchev–Trinajstić information content (AvgIpc) is 3.77. The summed E-state index contributed by atoms with van der Waals surface area (Å²) in [6.07, 6.45) is 5.45. The Morgan fingerprint density at radius 1 is 1.00 bits per heavy atom. The van der Waals surface area contributed by atoms with Crippen LogP contribution in [0, 0.1) is 28.4 Å². The number of nitrogens with one attached hydrogen (secondary N) is 3. The quantitative estimate of drug-likeness (QED) is 0.0519. The van der Waals surface area contributed by atoms with Crippen molar-refractivity contribution in [1.29, 1.82) is 0 Å². The highest BCUT2D eigenvalue weighted by molar-refractivity contribution is 7.90. The third-order valence-electron chi connectivity index (χ3n) is 13.7. The summed E-state index contributed by atoms with van der Waals surface area (Å²) in [5.74, 6) is -0.00251. The molecular weight excluding hydrogens is 898 g/mol. The van der Waals surface area contributed by atoms with E-state index in [4.69, 9.17) is 4.74 Å². The molecule has 0 unspecified atom stereocenters. The molecule has 3 N–H and O–H groups in total. The van der Waals surface area contributed by atoms with Gasteiger partial charge in [0.15, 0.2) is 0 Å². The van der Waals surface area contributed by atoms with Crippen LogP contribution < -0.4 is 19.7 Å². The maximum Gasteiger partial charge on any atom is 0.416 e. The first-order chi connectivity index (χ1) is 32.3. The highest BCUT2D eigenvalue weighted by Crippen LogP contribution is 2.45. The van der Waals surface area contributed by atoms with Crippen LogP contribution in [0.2, 0.25) is 0 Å². The summed E-state index contributed by atoms with van der Waals surface area (Å²) in [7, 11) is -2.49. The van der Waals surface area contributed by atoms with E-state index < -0.39 is 43.2 Å². The number of piperidine rings is 1. The lowest BCUT2D eigenvalue weighted by molar-refractivity contribution is -0.384. The number of rotatable bonds is 15. The number of nitrogens with zero attached hydrogens (tertiary/aromatic N) is 5. The highest BCUT2D eigenvalue weighted by Gasteiger charge is 2.34. The number of alkyl halides is 3. The molecule has 1 aliphatic carbocycles. The summed E-state index contributed by atoms with van der Waals surface area (Å²) in [5.41, 5.74) is 4.26. The Morgan fingerprint density at radius 3 is 2.49 bits per heavy atom. The van der Waals surface area contributed by atoms with Crippen LogP contribution in [0.25, 0.3) is 16.6 Å². The number of carbonyl (C=O) groups excluding carboxylic acids is 1. The summed E-state index contributed by atoms with van der Waals surface area (Å²) >= 11 is 0. The molecule has 5 aromatic rings. The first kappa shape index (κ1) is 48.5. The van der Waals surface area contributed by atoms with E-state index in [0.717, 1.165) is 86.3 Å². The number of fused-ring (bicyclic) bond motifs is 1. The number of piperazine rings is 1. The van der Waals surface area contributed by atoms with E-state index in [0.29, 0.717) is 62.1 Å². The molecule has 3 aliphatic rings. The second-order valence-electron chi connectivity index (χ2n) is 19.3. The van der Waals surface area contributed by atoms with E-state index in [2.05, 4.69) is 55.6 Å². The number of pyridine rings is 1. The normalized spacial score (nSPS) is 17.7. The number of aromatic nitrogens is 2. The zero-order valence-electron chi connectivity index (χ0n) is 38.9. The van der Waals surface area contributed by atoms with Gasteiger partial charge in [-0.3, -0.25) is 19.8 Å². The highest BCUT2D eigenvalue weighted by atomic mass is 32.2. The minimum atomic E-state index is -4.60. The van der Waals surface area contributed by atoms with Crippen LogP contribution in [0.1, 0.15) is 85.8 Å². The van der Waals surface area contributed by atoms with Crippen LogP contribution in [0.3, 0.4) is 0 Å². The third kappa shape index (κ3) is 11.5. The molecule has 362 valence electrons. The molecule has 2 fully saturated rings. The number of sulfonamides is 1. The number of anilines is 2. The molecule has 2 aromatic heterocycles. The number of amides is 1. The van der Waals surface area contributed by atoms with Gasteiger partial charge < -0.3 is 24.8 Å². The van der Waals surface area contributed by atoms with Gasteiger partial charge >= 0.3 is 6.18 Å². The third-order valence-corrected chi connectivity index (χ3v) is 15.0. The molecule has 0 spiro atoms. The SMILES string of the molecule is Cc1cc(C(F)(F)F)ccc1C1=C(CN2CCN(c3ccc(C(=O)NS(=O)(=O)c4ccc(NCCCC5CCN(C)CC5)c([N+](=O)[O-])c4)c(Oc4cnc5[nH]ccc5c4)c3)CC2)CCC(C)(C)C1. The van der Waals surface area contributed by atoms with Crippen LogP contribution in [0.5, 0.6) is 11.5 Å². The maximum absolute atomic E-state index is 14.0. The maximum atomic E-state index is 14.0. The lowest BCUT2D eigenvalue weighted by Gasteiger charge is -2.39. The van der Waals surface area contributed by atoms with Gasteiger partial charge in [0.25, 0.3) is 21.6 Å². The van der Waals surface area contributed by atoms with Crippen molar-refractivity contribution in [3.05, 3.63) is 117 Å². The van der Waals surface area contributed by atoms with Crippen molar-refractivity contribution in [3.63, 3.8) is 0 Å². The van der Waals surface area contributed by atoms with Crippen molar-refractivity contribution >= 4 is 49.6 Å². The summed E-state index contributed by atoms with van der Waals surface area (Å²) in [6.45, 7) is 12.1. The molecule has 0 saturated carbocycles. The van der Waals surface area contributed by atoms with E-state index in [1.54, 1.807) is 37.4 Å². The molecule has 1 amide bonds. The fraction of sp³-hybridized carbons (Fsp3) is 0.440. The second-order valence-corrected chi connectivity index (χ2v) is 21.0. The van der Waals surface area contributed by atoms with Crippen LogP contribution in [-0.2, 0) is 16.2 Å². The minimum Gasteiger partial charge on any atom is -0.455 e. The average molecular weight is 957 g/mol. The largest absolute Gasteiger partial charge is 0.455 e. The number of likely N-dealkylation sites (tertiary alicyclic amines) is 1. The molecule has 0 atom stereocenters. The Kier molecular flexibility index (Phi) is 14.2. The number of aryl methyl sites for hydroxylation is 1. The molecule has 2 aliphatic heterocycles. The van der Waals surface area contributed by atoms with E-state index in [1.165, 1.54) is 42.1 Å². The van der Waals surface area contributed by atoms with Crippen molar-refractivity contribution in [1.82, 2.24) is 24.5 Å². The van der Waals surface area contributed by atoms with Gasteiger partial charge in [0, 0.05) is 68.7 Å². The Balaban J connectivity index is 0.979. The molecular formula is C50H59F3N8O6S. The van der Waals surface area contributed by atoms with Gasteiger partial charge in [-0.15, -0.1) is 0 Å². The van der Waals surface area contributed by atoms with Gasteiger partial charge in [0.05, 0.1) is 27.1 Å². The summed E-state index contributed by atoms with van der Waals surface area (Å²) in [6, 6.07) is 16.1. The van der Waals surface area contributed by atoms with Crippen molar-refractivity contribution in [2.24, 2.45) is 11.3 Å². The number of allylic oxidation sites excluding steroid dienone is 1. The van der Waals surface area contributed by atoms with Crippen LogP contribution in [-0.4, -0.2) is 98.4 Å². The second kappa shape index (κ2) is 19.9. The predicted octanol–water partition coefficient (Wildman–Crippen LogP) is 10.0. The predicted molar refractivity (Wildman–Crippen MR) is 258 cm³/mol. The van der Waals surface area contributed by atoms with Crippen molar-refractivity contribution in [3.8, 4) is 11.5 Å². The van der Waals surface area contributed by atoms with Gasteiger partial charge in [-0.1, -0.05) is 25.5 Å². The Bertz CT molecular complexity index is 2810. The Labute approximate surface area is 395 Å².